The number of aromatic nitrogens is 5. The van der Waals surface area contributed by atoms with E-state index in [0.29, 0.717) is 39.4 Å². The summed E-state index contributed by atoms with van der Waals surface area (Å²) in [5, 5.41) is 12.0. The van der Waals surface area contributed by atoms with Crippen molar-refractivity contribution in [3.63, 3.8) is 0 Å². The number of carbonyl (C=O) groups is 2. The first-order valence-electron chi connectivity index (χ1n) is 7.98. The van der Waals surface area contributed by atoms with E-state index in [1.807, 2.05) is 13.8 Å². The summed E-state index contributed by atoms with van der Waals surface area (Å²) in [6, 6.07) is 1.70. The fourth-order valence-electron chi connectivity index (χ4n) is 2.93. The van der Waals surface area contributed by atoms with Gasteiger partial charge in [-0.15, -0.1) is 0 Å². The van der Waals surface area contributed by atoms with Crippen LogP contribution in [0.3, 0.4) is 0 Å². The number of hydrogen-bond donors (Lipinski definition) is 1. The number of methoxy groups -OCH3 is 1. The van der Waals surface area contributed by atoms with Crippen molar-refractivity contribution >= 4 is 28.6 Å². The molecular weight excluding hydrogens is 336 g/mol. The van der Waals surface area contributed by atoms with Crippen LogP contribution in [0.25, 0.3) is 11.0 Å². The standard InChI is InChI=1S/C17H20N6O3/c1-8-7-11(12-9(2)20-23(5)15(12)18-8)16(24)19-13-10(3)22(4)21-14(13)17(25)26-6/h7H,1-6H3,(H,19,24). The van der Waals surface area contributed by atoms with Crippen LogP contribution in [0.5, 0.6) is 0 Å². The lowest BCUT2D eigenvalue weighted by molar-refractivity contribution is 0.0594. The van der Waals surface area contributed by atoms with Gasteiger partial charge in [0.2, 0.25) is 0 Å². The van der Waals surface area contributed by atoms with Gasteiger partial charge in [0.15, 0.2) is 11.3 Å². The van der Waals surface area contributed by atoms with Gasteiger partial charge in [-0.3, -0.25) is 14.2 Å². The van der Waals surface area contributed by atoms with Gasteiger partial charge >= 0.3 is 5.97 Å². The number of hydrogen-bond acceptors (Lipinski definition) is 6. The topological polar surface area (TPSA) is 104 Å². The van der Waals surface area contributed by atoms with E-state index >= 15 is 0 Å². The second kappa shape index (κ2) is 6.25. The third-order valence-corrected chi connectivity index (χ3v) is 4.29. The van der Waals surface area contributed by atoms with Crippen molar-refractivity contribution in [2.24, 2.45) is 14.1 Å². The van der Waals surface area contributed by atoms with Gasteiger partial charge in [0.25, 0.3) is 5.91 Å². The SMILES string of the molecule is COC(=O)c1nn(C)c(C)c1NC(=O)c1cc(C)nc2c1c(C)nn2C. The van der Waals surface area contributed by atoms with E-state index in [2.05, 4.69) is 20.5 Å². The van der Waals surface area contributed by atoms with Gasteiger partial charge < -0.3 is 10.1 Å². The van der Waals surface area contributed by atoms with Gasteiger partial charge in [0.05, 0.1) is 35.1 Å². The number of rotatable bonds is 3. The first kappa shape index (κ1) is 17.6. The Balaban J connectivity index is 2.11. The van der Waals surface area contributed by atoms with E-state index < -0.39 is 5.97 Å². The molecule has 9 nitrogen and oxygen atoms in total. The maximum absolute atomic E-state index is 13.0. The summed E-state index contributed by atoms with van der Waals surface area (Å²) in [6.07, 6.45) is 0. The molecule has 0 aromatic carbocycles. The van der Waals surface area contributed by atoms with Gasteiger partial charge in [-0.05, 0) is 26.8 Å². The molecule has 3 aromatic heterocycles. The quantitative estimate of drug-likeness (QED) is 0.716. The first-order valence-corrected chi connectivity index (χ1v) is 7.98. The largest absolute Gasteiger partial charge is 0.464 e. The third-order valence-electron chi connectivity index (χ3n) is 4.29. The molecule has 3 heterocycles. The highest BCUT2D eigenvalue weighted by molar-refractivity contribution is 6.14. The molecule has 3 aromatic rings. The van der Waals surface area contributed by atoms with Crippen LogP contribution < -0.4 is 5.32 Å². The number of ether oxygens (including phenoxy) is 1. The molecule has 1 N–H and O–H groups in total. The van der Waals surface area contributed by atoms with E-state index in [9.17, 15) is 9.59 Å². The lowest BCUT2D eigenvalue weighted by atomic mass is 10.1. The highest BCUT2D eigenvalue weighted by Crippen LogP contribution is 2.25. The minimum atomic E-state index is -0.613. The number of anilines is 1. The summed E-state index contributed by atoms with van der Waals surface area (Å²) < 4.78 is 7.92. The van der Waals surface area contributed by atoms with Crippen molar-refractivity contribution in [1.82, 2.24) is 24.5 Å². The summed E-state index contributed by atoms with van der Waals surface area (Å²) in [4.78, 5) is 29.4. The Hall–Kier alpha value is -3.23. The Kier molecular flexibility index (Phi) is 4.23. The van der Waals surface area contributed by atoms with Gasteiger partial charge in [0, 0.05) is 19.8 Å². The monoisotopic (exact) mass is 356 g/mol. The number of carbonyl (C=O) groups excluding carboxylic acids is 2. The average Bonchev–Trinajstić information content (AvgIpc) is 3.04. The van der Waals surface area contributed by atoms with Crippen molar-refractivity contribution in [2.45, 2.75) is 20.8 Å². The molecule has 26 heavy (non-hydrogen) atoms. The van der Waals surface area contributed by atoms with Gasteiger partial charge in [-0.25, -0.2) is 9.78 Å². The van der Waals surface area contributed by atoms with E-state index in [1.54, 1.807) is 31.8 Å². The lowest BCUT2D eigenvalue weighted by Crippen LogP contribution is -2.16. The van der Waals surface area contributed by atoms with E-state index in [-0.39, 0.29) is 11.6 Å². The van der Waals surface area contributed by atoms with Gasteiger partial charge in [0.1, 0.15) is 0 Å². The van der Waals surface area contributed by atoms with Crippen LogP contribution in [0.4, 0.5) is 5.69 Å². The molecule has 0 saturated carbocycles. The van der Waals surface area contributed by atoms with Crippen LogP contribution in [-0.4, -0.2) is 43.5 Å². The molecule has 0 unspecified atom stereocenters. The number of nitrogens with one attached hydrogen (secondary N) is 1. The highest BCUT2D eigenvalue weighted by Gasteiger charge is 2.24. The van der Waals surface area contributed by atoms with E-state index in [4.69, 9.17) is 4.74 Å². The van der Waals surface area contributed by atoms with Gasteiger partial charge in [-0.1, -0.05) is 0 Å². The normalized spacial score (nSPS) is 11.0. The average molecular weight is 356 g/mol. The van der Waals surface area contributed by atoms with Crippen molar-refractivity contribution in [3.8, 4) is 0 Å². The molecule has 0 saturated heterocycles. The molecule has 0 bridgehead atoms. The molecule has 0 atom stereocenters. The van der Waals surface area contributed by atoms with E-state index in [1.165, 1.54) is 11.8 Å². The smallest absolute Gasteiger partial charge is 0.360 e. The van der Waals surface area contributed by atoms with Gasteiger partial charge in [-0.2, -0.15) is 10.2 Å². The molecule has 9 heteroatoms. The summed E-state index contributed by atoms with van der Waals surface area (Å²) >= 11 is 0. The molecule has 0 radical (unpaired) electrons. The van der Waals surface area contributed by atoms with Crippen LogP contribution in [-0.2, 0) is 18.8 Å². The molecule has 0 fully saturated rings. The Labute approximate surface area is 150 Å². The Morgan fingerprint density at radius 1 is 1.12 bits per heavy atom. The molecule has 136 valence electrons. The van der Waals surface area contributed by atoms with Crippen molar-refractivity contribution in [3.05, 3.63) is 34.4 Å². The lowest BCUT2D eigenvalue weighted by Gasteiger charge is -2.09. The number of pyridine rings is 1. The predicted molar refractivity (Wildman–Crippen MR) is 95.2 cm³/mol. The van der Waals surface area contributed by atoms with Crippen LogP contribution >= 0.6 is 0 Å². The molecule has 1 amide bonds. The number of fused-ring (bicyclic) bond motifs is 1. The first-order chi connectivity index (χ1) is 12.2. The number of amides is 1. The summed E-state index contributed by atoms with van der Waals surface area (Å²) in [5.74, 6) is -0.976. The second-order valence-corrected chi connectivity index (χ2v) is 6.10. The number of aryl methyl sites for hydroxylation is 4. The molecule has 0 spiro atoms. The van der Waals surface area contributed by atoms with Crippen LogP contribution in [0.15, 0.2) is 6.07 Å². The third kappa shape index (κ3) is 2.71. The fourth-order valence-corrected chi connectivity index (χ4v) is 2.93. The molecule has 0 aliphatic heterocycles. The summed E-state index contributed by atoms with van der Waals surface area (Å²) in [6.45, 7) is 5.40. The molecule has 3 rings (SSSR count). The molecule has 0 aliphatic carbocycles. The number of nitrogens with zero attached hydrogens (tertiary/aromatic N) is 5. The molecular formula is C17H20N6O3. The summed E-state index contributed by atoms with van der Waals surface area (Å²) in [7, 11) is 4.74. The zero-order valence-corrected chi connectivity index (χ0v) is 15.5. The van der Waals surface area contributed by atoms with Crippen molar-refractivity contribution < 1.29 is 14.3 Å². The highest BCUT2D eigenvalue weighted by atomic mass is 16.5. The number of esters is 1. The fraction of sp³-hybridized carbons (Fsp3) is 0.353. The molecule has 0 aliphatic rings. The zero-order chi connectivity index (χ0) is 19.2. The zero-order valence-electron chi connectivity index (χ0n) is 15.5. The van der Waals surface area contributed by atoms with E-state index in [0.717, 1.165) is 0 Å². The Morgan fingerprint density at radius 3 is 2.46 bits per heavy atom. The van der Waals surface area contributed by atoms with Crippen molar-refractivity contribution in [2.75, 3.05) is 12.4 Å². The van der Waals surface area contributed by atoms with Crippen molar-refractivity contribution in [1.29, 1.82) is 0 Å². The maximum Gasteiger partial charge on any atom is 0.360 e. The predicted octanol–water partition coefficient (Wildman–Crippen LogP) is 1.67. The summed E-state index contributed by atoms with van der Waals surface area (Å²) in [5.41, 5.74) is 3.50. The second-order valence-electron chi connectivity index (χ2n) is 6.10. The Bertz CT molecular complexity index is 1050. The minimum absolute atomic E-state index is 0.0609. The minimum Gasteiger partial charge on any atom is -0.464 e. The van der Waals surface area contributed by atoms with Crippen LogP contribution in [0.1, 0.15) is 37.9 Å². The Morgan fingerprint density at radius 2 is 1.81 bits per heavy atom. The van der Waals surface area contributed by atoms with Crippen LogP contribution in [0, 0.1) is 20.8 Å². The maximum atomic E-state index is 13.0. The van der Waals surface area contributed by atoms with Crippen LogP contribution in [0.2, 0.25) is 0 Å².